The molecule has 2 rings (SSSR count). The lowest BCUT2D eigenvalue weighted by molar-refractivity contribution is -0.294. The molecule has 2 aliphatic rings. The SMILES string of the molecule is COC1=C(N[C@H](CCC(N)=O)CO[C@H]2[C@H](O)[C@@H](O)[C@@H](O)O[C@@H]2CO)C[C@](O)(CO)CC1=O. The van der Waals surface area contributed by atoms with Crippen LogP contribution in [0, 0.1) is 0 Å². The molecule has 9 N–H and O–H groups in total. The summed E-state index contributed by atoms with van der Waals surface area (Å²) in [6.45, 7) is -1.47. The summed E-state index contributed by atoms with van der Waals surface area (Å²) in [4.78, 5) is 23.6. The minimum Gasteiger partial charge on any atom is -0.491 e. The Morgan fingerprint density at radius 3 is 2.53 bits per heavy atom. The van der Waals surface area contributed by atoms with Gasteiger partial charge < -0.3 is 55.9 Å². The fraction of sp³-hybridized carbons (Fsp3) is 0.789. The van der Waals surface area contributed by atoms with E-state index in [4.69, 9.17) is 19.9 Å². The normalized spacial score (nSPS) is 34.3. The second kappa shape index (κ2) is 11.3. The highest BCUT2D eigenvalue weighted by atomic mass is 16.7. The molecule has 184 valence electrons. The number of ketones is 1. The highest BCUT2D eigenvalue weighted by Gasteiger charge is 2.45. The first kappa shape index (κ1) is 26.4. The van der Waals surface area contributed by atoms with Gasteiger partial charge in [0, 0.05) is 25.3 Å². The second-order valence-electron chi connectivity index (χ2n) is 8.04. The van der Waals surface area contributed by atoms with Gasteiger partial charge in [0.15, 0.2) is 12.0 Å². The lowest BCUT2D eigenvalue weighted by Crippen LogP contribution is -2.60. The van der Waals surface area contributed by atoms with Crippen molar-refractivity contribution in [1.29, 1.82) is 0 Å². The van der Waals surface area contributed by atoms with Crippen LogP contribution in [0.15, 0.2) is 11.5 Å². The average Bonchev–Trinajstić information content (AvgIpc) is 2.74. The maximum Gasteiger partial charge on any atom is 0.217 e. The fourth-order valence-electron chi connectivity index (χ4n) is 3.74. The number of hydrogen-bond donors (Lipinski definition) is 8. The quantitative estimate of drug-likeness (QED) is 0.146. The van der Waals surface area contributed by atoms with Gasteiger partial charge in [0.1, 0.15) is 30.0 Å². The molecule has 1 heterocycles. The first-order chi connectivity index (χ1) is 15.0. The number of carbonyl (C=O) groups is 2. The third-order valence-corrected chi connectivity index (χ3v) is 5.47. The van der Waals surface area contributed by atoms with Gasteiger partial charge in [-0.05, 0) is 6.42 Å². The van der Waals surface area contributed by atoms with E-state index in [0.717, 1.165) is 0 Å². The average molecular weight is 464 g/mol. The molecule has 0 saturated carbocycles. The number of aliphatic hydroxyl groups excluding tert-OH is 5. The number of allylic oxidation sites excluding steroid dienone is 1. The summed E-state index contributed by atoms with van der Waals surface area (Å²) in [6.07, 6.45) is -7.70. The number of methoxy groups -OCH3 is 1. The molecule has 1 aliphatic heterocycles. The predicted molar refractivity (Wildman–Crippen MR) is 105 cm³/mol. The summed E-state index contributed by atoms with van der Waals surface area (Å²) >= 11 is 0. The van der Waals surface area contributed by atoms with Crippen LogP contribution in [0.25, 0.3) is 0 Å². The van der Waals surface area contributed by atoms with Crippen LogP contribution in [0.2, 0.25) is 0 Å². The maximum atomic E-state index is 12.3. The summed E-state index contributed by atoms with van der Waals surface area (Å²) < 4.78 is 15.8. The molecule has 0 aromatic carbocycles. The van der Waals surface area contributed by atoms with Crippen molar-refractivity contribution in [3.8, 4) is 0 Å². The number of nitrogens with two attached hydrogens (primary N) is 1. The van der Waals surface area contributed by atoms with Gasteiger partial charge in [-0.2, -0.15) is 0 Å². The molecule has 0 spiro atoms. The zero-order valence-electron chi connectivity index (χ0n) is 17.7. The van der Waals surface area contributed by atoms with E-state index >= 15 is 0 Å². The predicted octanol–water partition coefficient (Wildman–Crippen LogP) is -4.03. The van der Waals surface area contributed by atoms with E-state index < -0.39 is 67.3 Å². The topological polar surface area (TPSA) is 221 Å². The Balaban J connectivity index is 2.18. The molecule has 0 aromatic rings. The monoisotopic (exact) mass is 464 g/mol. The molecule has 1 amide bonds. The minimum atomic E-state index is -1.70. The molecule has 0 unspecified atom stereocenters. The van der Waals surface area contributed by atoms with Gasteiger partial charge in [-0.15, -0.1) is 0 Å². The number of hydrogen-bond acceptors (Lipinski definition) is 12. The molecule has 0 aromatic heterocycles. The Morgan fingerprint density at radius 2 is 1.97 bits per heavy atom. The number of amides is 1. The number of rotatable bonds is 11. The van der Waals surface area contributed by atoms with E-state index in [0.29, 0.717) is 0 Å². The third-order valence-electron chi connectivity index (χ3n) is 5.47. The van der Waals surface area contributed by atoms with E-state index in [1.165, 1.54) is 7.11 Å². The summed E-state index contributed by atoms with van der Waals surface area (Å²) in [6, 6.07) is -0.688. The van der Waals surface area contributed by atoms with Crippen LogP contribution in [0.4, 0.5) is 0 Å². The van der Waals surface area contributed by atoms with Crippen LogP contribution < -0.4 is 11.1 Å². The molecule has 13 nitrogen and oxygen atoms in total. The Hall–Kier alpha value is -1.84. The van der Waals surface area contributed by atoms with Crippen molar-refractivity contribution in [2.45, 2.75) is 68.0 Å². The number of ether oxygens (including phenoxy) is 3. The molecule has 1 saturated heterocycles. The van der Waals surface area contributed by atoms with Crippen molar-refractivity contribution < 1.29 is 54.4 Å². The van der Waals surface area contributed by atoms with E-state index in [1.54, 1.807) is 0 Å². The van der Waals surface area contributed by atoms with Crippen molar-refractivity contribution in [3.63, 3.8) is 0 Å². The summed E-state index contributed by atoms with van der Waals surface area (Å²) in [5.41, 5.74) is 3.73. The molecule has 13 heteroatoms. The summed E-state index contributed by atoms with van der Waals surface area (Å²) in [5.74, 6) is -1.17. The highest BCUT2D eigenvalue weighted by Crippen LogP contribution is 2.30. The maximum absolute atomic E-state index is 12.3. The summed E-state index contributed by atoms with van der Waals surface area (Å²) in [7, 11) is 1.28. The van der Waals surface area contributed by atoms with Crippen molar-refractivity contribution in [1.82, 2.24) is 5.32 Å². The van der Waals surface area contributed by atoms with Crippen molar-refractivity contribution >= 4 is 11.7 Å². The van der Waals surface area contributed by atoms with E-state index in [-0.39, 0.29) is 43.7 Å². The number of aliphatic hydroxyl groups is 6. The van der Waals surface area contributed by atoms with Crippen molar-refractivity contribution in [2.75, 3.05) is 26.9 Å². The van der Waals surface area contributed by atoms with Crippen LogP contribution in [-0.2, 0) is 23.8 Å². The Labute approximate surface area is 184 Å². The number of nitrogens with one attached hydrogen (secondary N) is 1. The zero-order valence-corrected chi connectivity index (χ0v) is 17.7. The van der Waals surface area contributed by atoms with Gasteiger partial charge in [-0.3, -0.25) is 9.59 Å². The first-order valence-electron chi connectivity index (χ1n) is 10.2. The van der Waals surface area contributed by atoms with Gasteiger partial charge in [0.2, 0.25) is 11.7 Å². The number of carbonyl (C=O) groups excluding carboxylic acids is 2. The van der Waals surface area contributed by atoms with E-state index in [1.807, 2.05) is 0 Å². The van der Waals surface area contributed by atoms with E-state index in [2.05, 4.69) is 5.32 Å². The van der Waals surface area contributed by atoms with Gasteiger partial charge in [-0.1, -0.05) is 0 Å². The Morgan fingerprint density at radius 1 is 1.28 bits per heavy atom. The first-order valence-corrected chi connectivity index (χ1v) is 10.2. The minimum absolute atomic E-state index is 0.0417. The second-order valence-corrected chi connectivity index (χ2v) is 8.04. The van der Waals surface area contributed by atoms with Crippen LogP contribution in [0.3, 0.4) is 0 Å². The molecular formula is C19H32N2O11. The molecule has 32 heavy (non-hydrogen) atoms. The molecule has 0 radical (unpaired) electrons. The lowest BCUT2D eigenvalue weighted by Gasteiger charge is -2.40. The smallest absolute Gasteiger partial charge is 0.217 e. The fourth-order valence-corrected chi connectivity index (χ4v) is 3.74. The zero-order chi connectivity index (χ0) is 24.1. The summed E-state index contributed by atoms with van der Waals surface area (Å²) in [5, 5.41) is 62.0. The molecule has 1 aliphatic carbocycles. The number of Topliss-reactive ketones (excluding diaryl/α,β-unsaturated/α-hetero) is 1. The van der Waals surface area contributed by atoms with Gasteiger partial charge in [0.05, 0.1) is 32.6 Å². The van der Waals surface area contributed by atoms with Crippen LogP contribution in [0.5, 0.6) is 0 Å². The van der Waals surface area contributed by atoms with Crippen LogP contribution in [-0.4, -0.2) is 112 Å². The van der Waals surface area contributed by atoms with Gasteiger partial charge in [0.25, 0.3) is 0 Å². The number of primary amides is 1. The third kappa shape index (κ3) is 6.36. The van der Waals surface area contributed by atoms with Crippen LogP contribution in [0.1, 0.15) is 25.7 Å². The van der Waals surface area contributed by atoms with Crippen molar-refractivity contribution in [3.05, 3.63) is 11.5 Å². The molecule has 7 atom stereocenters. The standard InChI is InChI=1S/C19H32N2O11/c1-30-16-10(4-19(29,8-23)5-11(16)24)21-9(2-3-13(20)25)7-31-17-12(6-22)32-18(28)15(27)14(17)26/h9,12,14-15,17-18,21-23,26-29H,2-8H2,1H3,(H2,20,25)/t9-,12-,14-,15-,17-,18+,19-/m1/s1. The van der Waals surface area contributed by atoms with E-state index in [9.17, 15) is 40.2 Å². The Bertz CT molecular complexity index is 701. The molecule has 1 fully saturated rings. The van der Waals surface area contributed by atoms with Gasteiger partial charge in [-0.25, -0.2) is 0 Å². The van der Waals surface area contributed by atoms with Gasteiger partial charge >= 0.3 is 0 Å². The molecular weight excluding hydrogens is 432 g/mol. The van der Waals surface area contributed by atoms with Crippen LogP contribution >= 0.6 is 0 Å². The Kier molecular flexibility index (Phi) is 9.36. The molecule has 0 bridgehead atoms. The van der Waals surface area contributed by atoms with Crippen molar-refractivity contribution in [2.24, 2.45) is 5.73 Å². The lowest BCUT2D eigenvalue weighted by atomic mass is 9.85. The largest absolute Gasteiger partial charge is 0.491 e. The highest BCUT2D eigenvalue weighted by molar-refractivity contribution is 5.95.